The van der Waals surface area contributed by atoms with E-state index < -0.39 is 0 Å². The van der Waals surface area contributed by atoms with Crippen LogP contribution in [0.1, 0.15) is 36.3 Å². The molecule has 2 atom stereocenters. The molecular weight excluding hydrogens is 290 g/mol. The Kier molecular flexibility index (Phi) is 5.05. The minimum atomic E-state index is -0.00990. The third-order valence-electron chi connectivity index (χ3n) is 4.56. The van der Waals surface area contributed by atoms with E-state index in [9.17, 15) is 0 Å². The minimum Gasteiger partial charge on any atom is -0.337 e. The second kappa shape index (κ2) is 7.21. The van der Waals surface area contributed by atoms with Crippen LogP contribution in [0.5, 0.6) is 0 Å². The molecule has 1 aromatic carbocycles. The fourth-order valence-electron chi connectivity index (χ4n) is 2.99. The lowest BCUT2D eigenvalue weighted by molar-refractivity contribution is 0.189. The fraction of sp³-hybridized carbons (Fsp3) is 0.529. The Morgan fingerprint density at radius 2 is 2.17 bits per heavy atom. The Morgan fingerprint density at radius 3 is 2.87 bits per heavy atom. The number of aromatic nitrogens is 2. The number of likely N-dealkylation sites (N-methyl/N-ethyl adjacent to an activating group) is 1. The fourth-order valence-corrected chi connectivity index (χ4v) is 2.99. The van der Waals surface area contributed by atoms with Gasteiger partial charge in [-0.1, -0.05) is 42.4 Å². The standard InChI is InChI=1S/C17H25N5O/c1-4-21(2)15(13-8-6-5-7-9-13)17-19-16(20-23-17)14-12-18-10-11-22(14)3/h5-9,14-15,18H,4,10-12H2,1-3H3. The highest BCUT2D eigenvalue weighted by atomic mass is 16.5. The first-order valence-corrected chi connectivity index (χ1v) is 8.20. The summed E-state index contributed by atoms with van der Waals surface area (Å²) in [5, 5.41) is 7.65. The van der Waals surface area contributed by atoms with Gasteiger partial charge in [-0.15, -0.1) is 0 Å². The molecule has 2 aromatic rings. The van der Waals surface area contributed by atoms with Crippen LogP contribution in [0.15, 0.2) is 34.9 Å². The van der Waals surface area contributed by atoms with Crippen molar-refractivity contribution in [1.29, 1.82) is 0 Å². The first-order valence-electron chi connectivity index (χ1n) is 8.20. The minimum absolute atomic E-state index is 0.00990. The lowest BCUT2D eigenvalue weighted by atomic mass is 10.1. The maximum atomic E-state index is 5.65. The largest absolute Gasteiger partial charge is 0.337 e. The van der Waals surface area contributed by atoms with Crippen molar-refractivity contribution in [3.8, 4) is 0 Å². The number of rotatable bonds is 5. The van der Waals surface area contributed by atoms with Gasteiger partial charge in [0.15, 0.2) is 5.82 Å². The van der Waals surface area contributed by atoms with E-state index in [1.165, 1.54) is 5.56 Å². The van der Waals surface area contributed by atoms with Crippen LogP contribution in [0.3, 0.4) is 0 Å². The smallest absolute Gasteiger partial charge is 0.248 e. The van der Waals surface area contributed by atoms with E-state index in [0.29, 0.717) is 5.89 Å². The second-order valence-corrected chi connectivity index (χ2v) is 6.08. The normalized spacial score (nSPS) is 20.8. The van der Waals surface area contributed by atoms with Crippen molar-refractivity contribution < 1.29 is 4.52 Å². The van der Waals surface area contributed by atoms with Crippen LogP contribution in [0.25, 0.3) is 0 Å². The number of benzene rings is 1. The molecule has 1 aromatic heterocycles. The van der Waals surface area contributed by atoms with Crippen LogP contribution in [-0.2, 0) is 0 Å². The molecule has 0 amide bonds. The number of nitrogens with one attached hydrogen (secondary N) is 1. The van der Waals surface area contributed by atoms with Gasteiger partial charge >= 0.3 is 0 Å². The van der Waals surface area contributed by atoms with Crippen molar-refractivity contribution in [2.45, 2.75) is 19.0 Å². The first kappa shape index (κ1) is 16.1. The zero-order valence-corrected chi connectivity index (χ0v) is 14.1. The summed E-state index contributed by atoms with van der Waals surface area (Å²) in [6.07, 6.45) is 0. The molecule has 3 rings (SSSR count). The Hall–Kier alpha value is -1.76. The van der Waals surface area contributed by atoms with Crippen LogP contribution < -0.4 is 5.32 Å². The summed E-state index contributed by atoms with van der Waals surface area (Å²) in [6, 6.07) is 10.5. The average molecular weight is 315 g/mol. The maximum absolute atomic E-state index is 5.65. The molecule has 1 saturated heterocycles. The molecule has 0 aliphatic carbocycles. The van der Waals surface area contributed by atoms with E-state index >= 15 is 0 Å². The molecule has 6 nitrogen and oxygen atoms in total. The Labute approximate surface area is 137 Å². The maximum Gasteiger partial charge on any atom is 0.248 e. The van der Waals surface area contributed by atoms with E-state index in [2.05, 4.69) is 53.4 Å². The number of piperazine rings is 1. The summed E-state index contributed by atoms with van der Waals surface area (Å²) in [5.74, 6) is 1.43. The van der Waals surface area contributed by atoms with E-state index in [1.807, 2.05) is 18.2 Å². The molecule has 124 valence electrons. The zero-order chi connectivity index (χ0) is 16.2. The van der Waals surface area contributed by atoms with Gasteiger partial charge in [-0.05, 0) is 26.2 Å². The van der Waals surface area contributed by atoms with Crippen molar-refractivity contribution in [1.82, 2.24) is 25.3 Å². The number of hydrogen-bond acceptors (Lipinski definition) is 6. The van der Waals surface area contributed by atoms with Crippen molar-refractivity contribution >= 4 is 0 Å². The summed E-state index contributed by atoms with van der Waals surface area (Å²) in [5.41, 5.74) is 1.17. The van der Waals surface area contributed by atoms with Gasteiger partial charge in [-0.2, -0.15) is 4.98 Å². The van der Waals surface area contributed by atoms with Crippen LogP contribution in [0.2, 0.25) is 0 Å². The summed E-state index contributed by atoms with van der Waals surface area (Å²) in [4.78, 5) is 9.22. The predicted octanol–water partition coefficient (Wildman–Crippen LogP) is 1.69. The topological polar surface area (TPSA) is 57.4 Å². The molecule has 0 radical (unpaired) electrons. The van der Waals surface area contributed by atoms with Gasteiger partial charge in [-0.25, -0.2) is 0 Å². The van der Waals surface area contributed by atoms with Gasteiger partial charge < -0.3 is 9.84 Å². The molecule has 2 unspecified atom stereocenters. The summed E-state index contributed by atoms with van der Waals surface area (Å²) in [6.45, 7) is 5.89. The first-order chi connectivity index (χ1) is 11.2. The molecule has 1 aliphatic heterocycles. The van der Waals surface area contributed by atoms with Gasteiger partial charge in [-0.3, -0.25) is 9.80 Å². The van der Waals surface area contributed by atoms with Gasteiger partial charge in [0.2, 0.25) is 5.89 Å². The highest BCUT2D eigenvalue weighted by molar-refractivity contribution is 5.24. The lowest BCUT2D eigenvalue weighted by Crippen LogP contribution is -2.44. The Morgan fingerprint density at radius 1 is 1.39 bits per heavy atom. The summed E-state index contributed by atoms with van der Waals surface area (Å²) in [7, 11) is 4.18. The van der Waals surface area contributed by atoms with Crippen LogP contribution in [0.4, 0.5) is 0 Å². The molecule has 2 heterocycles. The molecule has 0 bridgehead atoms. The Balaban J connectivity index is 1.89. The highest BCUT2D eigenvalue weighted by Gasteiger charge is 2.29. The molecule has 1 N–H and O–H groups in total. The van der Waals surface area contributed by atoms with Crippen LogP contribution in [-0.4, -0.2) is 60.2 Å². The molecule has 6 heteroatoms. The van der Waals surface area contributed by atoms with Gasteiger partial charge in [0.1, 0.15) is 6.04 Å². The van der Waals surface area contributed by atoms with Crippen molar-refractivity contribution in [2.75, 3.05) is 40.3 Å². The highest BCUT2D eigenvalue weighted by Crippen LogP contribution is 2.28. The van der Waals surface area contributed by atoms with Crippen molar-refractivity contribution in [3.63, 3.8) is 0 Å². The van der Waals surface area contributed by atoms with Gasteiger partial charge in [0, 0.05) is 19.6 Å². The molecule has 0 spiro atoms. The Bertz CT molecular complexity index is 614. The molecule has 0 saturated carbocycles. The van der Waals surface area contributed by atoms with E-state index in [-0.39, 0.29) is 12.1 Å². The molecule has 1 aliphatic rings. The third kappa shape index (κ3) is 3.44. The second-order valence-electron chi connectivity index (χ2n) is 6.08. The summed E-state index contributed by atoms with van der Waals surface area (Å²) < 4.78 is 5.65. The third-order valence-corrected chi connectivity index (χ3v) is 4.56. The van der Waals surface area contributed by atoms with Crippen LogP contribution >= 0.6 is 0 Å². The van der Waals surface area contributed by atoms with Crippen molar-refractivity contribution in [2.24, 2.45) is 0 Å². The van der Waals surface area contributed by atoms with Gasteiger partial charge in [0.25, 0.3) is 0 Å². The molecular formula is C17H25N5O. The van der Waals surface area contributed by atoms with Gasteiger partial charge in [0.05, 0.1) is 6.04 Å². The average Bonchev–Trinajstić information content (AvgIpc) is 3.05. The number of hydrogen-bond donors (Lipinski definition) is 1. The molecule has 1 fully saturated rings. The lowest BCUT2D eigenvalue weighted by Gasteiger charge is -2.30. The monoisotopic (exact) mass is 315 g/mol. The zero-order valence-electron chi connectivity index (χ0n) is 14.1. The van der Waals surface area contributed by atoms with E-state index in [0.717, 1.165) is 32.0 Å². The number of nitrogens with zero attached hydrogens (tertiary/aromatic N) is 4. The van der Waals surface area contributed by atoms with Crippen LogP contribution in [0, 0.1) is 0 Å². The predicted molar refractivity (Wildman–Crippen MR) is 89.1 cm³/mol. The van der Waals surface area contributed by atoms with E-state index in [4.69, 9.17) is 9.51 Å². The molecule has 23 heavy (non-hydrogen) atoms. The quantitative estimate of drug-likeness (QED) is 0.906. The SMILES string of the molecule is CCN(C)C(c1ccccc1)c1nc(C2CNCCN2C)no1. The summed E-state index contributed by atoms with van der Waals surface area (Å²) >= 11 is 0. The van der Waals surface area contributed by atoms with Crippen molar-refractivity contribution in [3.05, 3.63) is 47.6 Å². The van der Waals surface area contributed by atoms with E-state index in [1.54, 1.807) is 0 Å².